The van der Waals surface area contributed by atoms with Crippen LogP contribution in [0.25, 0.3) is 10.2 Å². The van der Waals surface area contributed by atoms with Gasteiger partial charge in [0.05, 0.1) is 4.70 Å². The summed E-state index contributed by atoms with van der Waals surface area (Å²) in [5.41, 5.74) is 0.623. The van der Waals surface area contributed by atoms with Crippen LogP contribution in [-0.4, -0.2) is 49.1 Å². The first-order valence-electron chi connectivity index (χ1n) is 6.60. The van der Waals surface area contributed by atoms with Gasteiger partial charge < -0.3 is 4.90 Å². The fourth-order valence-corrected chi connectivity index (χ4v) is 4.55. The average molecular weight is 312 g/mol. The van der Waals surface area contributed by atoms with Crippen LogP contribution in [0.2, 0.25) is 0 Å². The van der Waals surface area contributed by atoms with Crippen molar-refractivity contribution >= 4 is 31.8 Å². The van der Waals surface area contributed by atoms with Crippen molar-refractivity contribution in [2.24, 2.45) is 0 Å². The van der Waals surface area contributed by atoms with Crippen LogP contribution in [0, 0.1) is 0 Å². The molecular formula is C12H16N4O2S2. The molecule has 0 amide bonds. The number of hydrogen-bond donors (Lipinski definition) is 1. The standard InChI is InChI=1S/C12H16N4O2S2/c17-20(18,13-6-9-16-7-1-2-8-16)11-5-3-4-10-12(11)19-15-14-10/h3-5,13H,1-2,6-9H2. The SMILES string of the molecule is O=S(=O)(NCCN1CCCC1)c1cccc2nnsc12. The largest absolute Gasteiger partial charge is 0.302 e. The predicted molar refractivity (Wildman–Crippen MR) is 78.3 cm³/mol. The van der Waals surface area contributed by atoms with Gasteiger partial charge in [0.2, 0.25) is 10.0 Å². The molecule has 2 heterocycles. The number of rotatable bonds is 5. The van der Waals surface area contributed by atoms with Gasteiger partial charge in [0, 0.05) is 13.1 Å². The predicted octanol–water partition coefficient (Wildman–Crippen LogP) is 1.07. The first-order valence-corrected chi connectivity index (χ1v) is 8.85. The third kappa shape index (κ3) is 2.83. The van der Waals surface area contributed by atoms with Gasteiger partial charge in [0.1, 0.15) is 10.4 Å². The lowest BCUT2D eigenvalue weighted by Gasteiger charge is -2.14. The van der Waals surface area contributed by atoms with E-state index in [0.717, 1.165) is 31.2 Å². The van der Waals surface area contributed by atoms with Crippen molar-refractivity contribution in [2.75, 3.05) is 26.2 Å². The summed E-state index contributed by atoms with van der Waals surface area (Å²) in [6, 6.07) is 5.06. The molecule has 20 heavy (non-hydrogen) atoms. The third-order valence-corrected chi connectivity index (χ3v) is 5.85. The molecule has 6 nitrogen and oxygen atoms in total. The molecule has 1 aliphatic rings. The van der Waals surface area contributed by atoms with Crippen molar-refractivity contribution in [2.45, 2.75) is 17.7 Å². The number of sulfonamides is 1. The lowest BCUT2D eigenvalue weighted by molar-refractivity contribution is 0.344. The van der Waals surface area contributed by atoms with Crippen LogP contribution < -0.4 is 4.72 Å². The van der Waals surface area contributed by atoms with E-state index in [2.05, 4.69) is 19.2 Å². The van der Waals surface area contributed by atoms with Crippen LogP contribution in [0.15, 0.2) is 23.1 Å². The Labute approximate surface area is 122 Å². The van der Waals surface area contributed by atoms with E-state index in [1.165, 1.54) is 12.8 Å². The molecule has 1 aromatic carbocycles. The number of hydrogen-bond acceptors (Lipinski definition) is 6. The van der Waals surface area contributed by atoms with Gasteiger partial charge in [-0.2, -0.15) is 0 Å². The summed E-state index contributed by atoms with van der Waals surface area (Å²) in [5.74, 6) is 0. The first kappa shape index (κ1) is 13.9. The number of benzene rings is 1. The van der Waals surface area contributed by atoms with Crippen molar-refractivity contribution in [1.82, 2.24) is 19.2 Å². The van der Waals surface area contributed by atoms with Crippen molar-refractivity contribution < 1.29 is 8.42 Å². The molecule has 108 valence electrons. The number of aromatic nitrogens is 2. The van der Waals surface area contributed by atoms with Crippen LogP contribution in [0.1, 0.15) is 12.8 Å². The van der Waals surface area contributed by atoms with E-state index in [-0.39, 0.29) is 4.90 Å². The van der Waals surface area contributed by atoms with E-state index in [1.54, 1.807) is 18.2 Å². The highest BCUT2D eigenvalue weighted by molar-refractivity contribution is 7.89. The molecule has 0 spiro atoms. The minimum absolute atomic E-state index is 0.270. The maximum Gasteiger partial charge on any atom is 0.242 e. The van der Waals surface area contributed by atoms with E-state index < -0.39 is 10.0 Å². The Morgan fingerprint density at radius 2 is 2.10 bits per heavy atom. The summed E-state index contributed by atoms with van der Waals surface area (Å²) in [4.78, 5) is 2.54. The fourth-order valence-electron chi connectivity index (χ4n) is 2.41. The lowest BCUT2D eigenvalue weighted by Crippen LogP contribution is -2.33. The zero-order valence-corrected chi connectivity index (χ0v) is 12.6. The molecule has 1 aliphatic heterocycles. The first-order chi connectivity index (χ1) is 9.67. The van der Waals surface area contributed by atoms with Crippen molar-refractivity contribution in [3.63, 3.8) is 0 Å². The van der Waals surface area contributed by atoms with Crippen LogP contribution in [-0.2, 0) is 10.0 Å². The average Bonchev–Trinajstić information content (AvgIpc) is 3.08. The van der Waals surface area contributed by atoms with Crippen LogP contribution in [0.5, 0.6) is 0 Å². The van der Waals surface area contributed by atoms with E-state index in [9.17, 15) is 8.42 Å². The van der Waals surface area contributed by atoms with Crippen molar-refractivity contribution in [1.29, 1.82) is 0 Å². The van der Waals surface area contributed by atoms with Gasteiger partial charge in [-0.05, 0) is 49.6 Å². The van der Waals surface area contributed by atoms with Crippen LogP contribution in [0.3, 0.4) is 0 Å². The third-order valence-electron chi connectivity index (χ3n) is 3.45. The molecule has 1 N–H and O–H groups in total. The molecule has 0 aliphatic carbocycles. The normalized spacial score (nSPS) is 17.0. The molecule has 1 fully saturated rings. The Kier molecular flexibility index (Phi) is 3.97. The summed E-state index contributed by atoms with van der Waals surface area (Å²) in [7, 11) is -3.49. The highest BCUT2D eigenvalue weighted by Crippen LogP contribution is 2.24. The monoisotopic (exact) mass is 312 g/mol. The van der Waals surface area contributed by atoms with Crippen LogP contribution >= 0.6 is 11.5 Å². The molecule has 0 radical (unpaired) electrons. The zero-order valence-electron chi connectivity index (χ0n) is 10.9. The Hall–Kier alpha value is -1.09. The topological polar surface area (TPSA) is 75.2 Å². The maximum absolute atomic E-state index is 12.3. The van der Waals surface area contributed by atoms with Gasteiger partial charge in [-0.3, -0.25) is 0 Å². The minimum Gasteiger partial charge on any atom is -0.302 e. The van der Waals surface area contributed by atoms with Crippen molar-refractivity contribution in [3.05, 3.63) is 18.2 Å². The van der Waals surface area contributed by atoms with Gasteiger partial charge in [0.15, 0.2) is 0 Å². The summed E-state index contributed by atoms with van der Waals surface area (Å²) < 4.78 is 31.8. The zero-order chi connectivity index (χ0) is 14.0. The molecule has 2 aromatic rings. The summed E-state index contributed by atoms with van der Waals surface area (Å²) >= 11 is 1.11. The summed E-state index contributed by atoms with van der Waals surface area (Å²) in [6.07, 6.45) is 2.41. The molecule has 3 rings (SSSR count). The number of nitrogens with zero attached hydrogens (tertiary/aromatic N) is 3. The molecule has 0 unspecified atom stereocenters. The van der Waals surface area contributed by atoms with Gasteiger partial charge in [0.25, 0.3) is 0 Å². The molecule has 0 saturated carbocycles. The number of nitrogens with one attached hydrogen (secondary N) is 1. The summed E-state index contributed by atoms with van der Waals surface area (Å²) in [5, 5.41) is 3.90. The second-order valence-corrected chi connectivity index (χ2v) is 7.31. The van der Waals surface area contributed by atoms with Gasteiger partial charge in [-0.1, -0.05) is 10.6 Å². The highest BCUT2D eigenvalue weighted by Gasteiger charge is 2.19. The smallest absolute Gasteiger partial charge is 0.242 e. The number of likely N-dealkylation sites (tertiary alicyclic amines) is 1. The van der Waals surface area contributed by atoms with E-state index in [1.807, 2.05) is 0 Å². The van der Waals surface area contributed by atoms with E-state index >= 15 is 0 Å². The van der Waals surface area contributed by atoms with Gasteiger partial charge in [-0.25, -0.2) is 13.1 Å². The second kappa shape index (κ2) is 5.72. The van der Waals surface area contributed by atoms with Gasteiger partial charge in [-0.15, -0.1) is 5.10 Å². The number of fused-ring (bicyclic) bond motifs is 1. The quantitative estimate of drug-likeness (QED) is 0.893. The maximum atomic E-state index is 12.3. The fraction of sp³-hybridized carbons (Fsp3) is 0.500. The van der Waals surface area contributed by atoms with Crippen LogP contribution in [0.4, 0.5) is 0 Å². The Morgan fingerprint density at radius 3 is 2.90 bits per heavy atom. The Morgan fingerprint density at radius 1 is 1.30 bits per heavy atom. The van der Waals surface area contributed by atoms with E-state index in [0.29, 0.717) is 16.8 Å². The second-order valence-electron chi connectivity index (χ2n) is 4.82. The highest BCUT2D eigenvalue weighted by atomic mass is 32.2. The molecule has 0 atom stereocenters. The molecule has 8 heteroatoms. The Bertz CT molecular complexity index is 692. The van der Waals surface area contributed by atoms with Crippen molar-refractivity contribution in [3.8, 4) is 0 Å². The molecular weight excluding hydrogens is 296 g/mol. The lowest BCUT2D eigenvalue weighted by atomic mass is 10.3. The molecule has 1 aromatic heterocycles. The molecule has 0 bridgehead atoms. The summed E-state index contributed by atoms with van der Waals surface area (Å²) in [6.45, 7) is 3.33. The van der Waals surface area contributed by atoms with E-state index in [4.69, 9.17) is 0 Å². The Balaban J connectivity index is 1.72. The van der Waals surface area contributed by atoms with Gasteiger partial charge >= 0.3 is 0 Å². The minimum atomic E-state index is -3.49. The molecule has 1 saturated heterocycles.